The van der Waals surface area contributed by atoms with Gasteiger partial charge < -0.3 is 4.57 Å². The summed E-state index contributed by atoms with van der Waals surface area (Å²) in [5.41, 5.74) is 12.5. The van der Waals surface area contributed by atoms with Crippen LogP contribution in [0.15, 0.2) is 170 Å². The van der Waals surface area contributed by atoms with Crippen LogP contribution in [0.1, 0.15) is 5.56 Å². The lowest BCUT2D eigenvalue weighted by atomic mass is 9.92. The molecular weight excluding hydrogens is 673 g/mol. The fourth-order valence-corrected chi connectivity index (χ4v) is 7.25. The first-order valence-corrected chi connectivity index (χ1v) is 17.7. The van der Waals surface area contributed by atoms with Gasteiger partial charge in [-0.3, -0.25) is 0 Å². The normalized spacial score (nSPS) is 10.9. The molecule has 0 unspecified atom stereocenters. The molecule has 0 amide bonds. The molecule has 0 saturated heterocycles. The molecular formula is C49H28N6. The van der Waals surface area contributed by atoms with E-state index in [1.807, 2.05) is 121 Å². The molecule has 2 heterocycles. The SMILES string of the molecule is [C-]#[N+]c1ccc(-c2cc(-c3nc(-c4ccccc4)cc(-c4ccccc4)n3)cc(-c3ccc(C#N)cc3)c2-n2c3ccccc3c3cc([N+]#[C-])ccc32)cc1. The summed E-state index contributed by atoms with van der Waals surface area (Å²) >= 11 is 0. The minimum Gasteiger partial charge on any atom is -0.308 e. The molecule has 2 aromatic heterocycles. The van der Waals surface area contributed by atoms with Crippen molar-refractivity contribution in [2.75, 3.05) is 0 Å². The highest BCUT2D eigenvalue weighted by atomic mass is 15.0. The van der Waals surface area contributed by atoms with E-state index in [4.69, 9.17) is 23.1 Å². The van der Waals surface area contributed by atoms with Crippen LogP contribution in [0.3, 0.4) is 0 Å². The van der Waals surface area contributed by atoms with Crippen LogP contribution in [0, 0.1) is 24.5 Å². The molecule has 0 spiro atoms. The van der Waals surface area contributed by atoms with Crippen LogP contribution in [-0.2, 0) is 0 Å². The smallest absolute Gasteiger partial charge is 0.188 e. The van der Waals surface area contributed by atoms with Gasteiger partial charge >= 0.3 is 0 Å². The number of benzene rings is 7. The van der Waals surface area contributed by atoms with Gasteiger partial charge in [-0.15, -0.1) is 0 Å². The maximum atomic E-state index is 9.74. The molecule has 0 fully saturated rings. The highest BCUT2D eigenvalue weighted by Gasteiger charge is 2.23. The zero-order valence-electron chi connectivity index (χ0n) is 29.3. The molecule has 0 aliphatic rings. The zero-order chi connectivity index (χ0) is 37.3. The van der Waals surface area contributed by atoms with Crippen molar-refractivity contribution < 1.29 is 0 Å². The van der Waals surface area contributed by atoms with Crippen molar-refractivity contribution in [1.82, 2.24) is 14.5 Å². The summed E-state index contributed by atoms with van der Waals surface area (Å²) in [6, 6.07) is 58.2. The topological polar surface area (TPSA) is 63.2 Å². The summed E-state index contributed by atoms with van der Waals surface area (Å²) < 4.78 is 2.27. The van der Waals surface area contributed by atoms with E-state index in [-0.39, 0.29) is 0 Å². The molecule has 9 rings (SSSR count). The zero-order valence-corrected chi connectivity index (χ0v) is 29.3. The molecule has 0 bridgehead atoms. The van der Waals surface area contributed by atoms with Crippen molar-refractivity contribution in [2.24, 2.45) is 0 Å². The van der Waals surface area contributed by atoms with E-state index in [0.29, 0.717) is 22.8 Å². The predicted octanol–water partition coefficient (Wildman–Crippen LogP) is 12.9. The summed E-state index contributed by atoms with van der Waals surface area (Å²) in [4.78, 5) is 17.8. The van der Waals surface area contributed by atoms with Crippen LogP contribution in [0.5, 0.6) is 0 Å². The average Bonchev–Trinajstić information content (AvgIpc) is 3.59. The van der Waals surface area contributed by atoms with Gasteiger partial charge in [0, 0.05) is 33.2 Å². The van der Waals surface area contributed by atoms with Crippen LogP contribution in [0.2, 0.25) is 0 Å². The highest BCUT2D eigenvalue weighted by molar-refractivity contribution is 6.11. The van der Waals surface area contributed by atoms with Crippen LogP contribution < -0.4 is 0 Å². The van der Waals surface area contributed by atoms with Crippen molar-refractivity contribution in [3.05, 3.63) is 198 Å². The summed E-state index contributed by atoms with van der Waals surface area (Å²) in [7, 11) is 0. The summed E-state index contributed by atoms with van der Waals surface area (Å²) in [6.07, 6.45) is 0. The standard InChI is InChI=1S/C49H28N6/c1-51-38-23-21-34(22-24-38)42-28-37(49-53-44(35-11-5-3-6-12-35)30-45(54-49)36-13-7-4-8-14-36)27-41(33-19-17-32(31-50)18-20-33)48(42)55-46-16-10-9-15-40(46)43-29-39(52-2)25-26-47(43)55/h3-30H. The van der Waals surface area contributed by atoms with Gasteiger partial charge in [0.15, 0.2) is 17.2 Å². The van der Waals surface area contributed by atoms with Gasteiger partial charge in [-0.1, -0.05) is 121 Å². The lowest BCUT2D eigenvalue weighted by Gasteiger charge is -2.21. The van der Waals surface area contributed by atoms with Gasteiger partial charge in [0.1, 0.15) is 0 Å². The second-order valence-electron chi connectivity index (χ2n) is 13.1. The van der Waals surface area contributed by atoms with Crippen molar-refractivity contribution in [2.45, 2.75) is 0 Å². The number of fused-ring (bicyclic) bond motifs is 3. The van der Waals surface area contributed by atoms with Crippen LogP contribution in [0.25, 0.3) is 93.3 Å². The van der Waals surface area contributed by atoms with E-state index in [2.05, 4.69) is 68.9 Å². The first-order chi connectivity index (χ1) is 27.1. The molecule has 0 saturated carbocycles. The van der Waals surface area contributed by atoms with E-state index in [1.54, 1.807) is 0 Å². The fraction of sp³-hybridized carbons (Fsp3) is 0. The molecule has 0 atom stereocenters. The van der Waals surface area contributed by atoms with Crippen LogP contribution in [-0.4, -0.2) is 14.5 Å². The maximum Gasteiger partial charge on any atom is 0.188 e. The summed E-state index contributed by atoms with van der Waals surface area (Å²) in [6.45, 7) is 15.4. The molecule has 9 aromatic rings. The van der Waals surface area contributed by atoms with Crippen molar-refractivity contribution >= 4 is 33.2 Å². The largest absolute Gasteiger partial charge is 0.308 e. The molecule has 55 heavy (non-hydrogen) atoms. The second-order valence-corrected chi connectivity index (χ2v) is 13.1. The highest BCUT2D eigenvalue weighted by Crippen LogP contribution is 2.44. The monoisotopic (exact) mass is 700 g/mol. The Morgan fingerprint density at radius 1 is 0.473 bits per heavy atom. The van der Waals surface area contributed by atoms with Gasteiger partial charge in [0.05, 0.1) is 52.9 Å². The third-order valence-corrected chi connectivity index (χ3v) is 9.87. The Morgan fingerprint density at radius 2 is 1.00 bits per heavy atom. The maximum absolute atomic E-state index is 9.74. The Labute approximate surface area is 318 Å². The second kappa shape index (κ2) is 13.8. The molecule has 0 N–H and O–H groups in total. The Bertz CT molecular complexity index is 2900. The van der Waals surface area contributed by atoms with Crippen molar-refractivity contribution in [3.63, 3.8) is 0 Å². The minimum absolute atomic E-state index is 0.545. The van der Waals surface area contributed by atoms with Gasteiger partial charge in [-0.25, -0.2) is 19.7 Å². The van der Waals surface area contributed by atoms with Crippen molar-refractivity contribution in [3.8, 4) is 67.9 Å². The number of rotatable bonds is 6. The lowest BCUT2D eigenvalue weighted by Crippen LogP contribution is -2.03. The number of aromatic nitrogens is 3. The third kappa shape index (κ3) is 5.95. The summed E-state index contributed by atoms with van der Waals surface area (Å²) in [5, 5.41) is 11.7. The van der Waals surface area contributed by atoms with E-state index in [0.717, 1.165) is 77.8 Å². The first kappa shape index (κ1) is 32.8. The Kier molecular flexibility index (Phi) is 8.22. The molecule has 0 radical (unpaired) electrons. The van der Waals surface area contributed by atoms with Crippen molar-refractivity contribution in [1.29, 1.82) is 5.26 Å². The van der Waals surface area contributed by atoms with E-state index >= 15 is 0 Å². The summed E-state index contributed by atoms with van der Waals surface area (Å²) in [5.74, 6) is 0.560. The number of para-hydroxylation sites is 1. The average molecular weight is 701 g/mol. The van der Waals surface area contributed by atoms with Gasteiger partial charge in [0.25, 0.3) is 0 Å². The molecule has 0 aliphatic carbocycles. The quantitative estimate of drug-likeness (QED) is 0.162. The Morgan fingerprint density at radius 3 is 1.58 bits per heavy atom. The molecule has 7 aromatic carbocycles. The Balaban J connectivity index is 1.42. The van der Waals surface area contributed by atoms with Gasteiger partial charge in [-0.05, 0) is 65.0 Å². The van der Waals surface area contributed by atoms with Gasteiger partial charge in [-0.2, -0.15) is 5.26 Å². The molecule has 6 nitrogen and oxygen atoms in total. The van der Waals surface area contributed by atoms with Gasteiger partial charge in [0.2, 0.25) is 0 Å². The fourth-order valence-electron chi connectivity index (χ4n) is 7.25. The Hall–Kier alpha value is -8.11. The minimum atomic E-state index is 0.545. The number of nitriles is 1. The van der Waals surface area contributed by atoms with Crippen LogP contribution >= 0.6 is 0 Å². The number of nitrogens with zero attached hydrogens (tertiary/aromatic N) is 6. The molecule has 6 heteroatoms. The van der Waals surface area contributed by atoms with E-state index < -0.39 is 0 Å². The third-order valence-electron chi connectivity index (χ3n) is 9.87. The molecule has 254 valence electrons. The number of hydrogen-bond acceptors (Lipinski definition) is 3. The predicted molar refractivity (Wildman–Crippen MR) is 221 cm³/mol. The van der Waals surface area contributed by atoms with Crippen LogP contribution in [0.4, 0.5) is 11.4 Å². The van der Waals surface area contributed by atoms with E-state index in [9.17, 15) is 5.26 Å². The lowest BCUT2D eigenvalue weighted by molar-refractivity contribution is 1.17. The first-order valence-electron chi connectivity index (χ1n) is 17.7. The molecule has 0 aliphatic heterocycles. The van der Waals surface area contributed by atoms with E-state index in [1.165, 1.54) is 0 Å². The number of hydrogen-bond donors (Lipinski definition) is 0.